The van der Waals surface area contributed by atoms with Gasteiger partial charge in [0.05, 0.1) is 0 Å². The van der Waals surface area contributed by atoms with Crippen molar-refractivity contribution in [3.05, 3.63) is 24.3 Å². The Bertz CT molecular complexity index is 142. The van der Waals surface area contributed by atoms with Crippen LogP contribution in [-0.2, 0) is 0 Å². The van der Waals surface area contributed by atoms with Gasteiger partial charge in [-0.15, -0.1) is 6.58 Å². The molecule has 1 aliphatic carbocycles. The Kier molecular flexibility index (Phi) is 2.73. The molecule has 1 aliphatic rings. The zero-order valence-electron chi connectivity index (χ0n) is 6.77. The summed E-state index contributed by atoms with van der Waals surface area (Å²) in [4.78, 5) is 0. The quantitative estimate of drug-likeness (QED) is 0.485. The minimum Gasteiger partial charge on any atom is -0.103 e. The minimum atomic E-state index is 0.772. The van der Waals surface area contributed by atoms with Crippen molar-refractivity contribution in [2.75, 3.05) is 0 Å². The molecule has 0 radical (unpaired) electrons. The monoisotopic (exact) mass is 136 g/mol. The van der Waals surface area contributed by atoms with Crippen LogP contribution in [0.5, 0.6) is 0 Å². The molecule has 1 unspecified atom stereocenters. The first-order valence-corrected chi connectivity index (χ1v) is 4.11. The van der Waals surface area contributed by atoms with Crippen LogP contribution >= 0.6 is 0 Å². The lowest BCUT2D eigenvalue weighted by Gasteiger charge is -2.05. The van der Waals surface area contributed by atoms with Gasteiger partial charge in [0.1, 0.15) is 0 Å². The molecular formula is C10H16. The molecular weight excluding hydrogens is 120 g/mol. The predicted octanol–water partition coefficient (Wildman–Crippen LogP) is 3.31. The van der Waals surface area contributed by atoms with Gasteiger partial charge >= 0.3 is 0 Å². The zero-order valence-corrected chi connectivity index (χ0v) is 6.77. The summed E-state index contributed by atoms with van der Waals surface area (Å²) in [5.41, 5.74) is 1.56. The molecule has 10 heavy (non-hydrogen) atoms. The molecule has 0 amide bonds. The predicted molar refractivity (Wildman–Crippen MR) is 45.9 cm³/mol. The maximum atomic E-state index is 3.83. The van der Waals surface area contributed by atoms with Crippen molar-refractivity contribution in [2.24, 2.45) is 5.92 Å². The van der Waals surface area contributed by atoms with E-state index in [2.05, 4.69) is 25.7 Å². The van der Waals surface area contributed by atoms with Crippen LogP contribution in [-0.4, -0.2) is 0 Å². The van der Waals surface area contributed by atoms with E-state index in [-0.39, 0.29) is 0 Å². The van der Waals surface area contributed by atoms with Crippen molar-refractivity contribution in [3.63, 3.8) is 0 Å². The van der Waals surface area contributed by atoms with Crippen LogP contribution in [0.1, 0.15) is 32.6 Å². The van der Waals surface area contributed by atoms with Crippen LogP contribution in [0.4, 0.5) is 0 Å². The second-order valence-electron chi connectivity index (χ2n) is 3.16. The molecule has 0 heteroatoms. The molecule has 0 bridgehead atoms. The molecule has 0 saturated heterocycles. The van der Waals surface area contributed by atoms with E-state index in [9.17, 15) is 0 Å². The molecule has 0 aliphatic heterocycles. The summed E-state index contributed by atoms with van der Waals surface area (Å²) in [7, 11) is 0. The second-order valence-corrected chi connectivity index (χ2v) is 3.16. The van der Waals surface area contributed by atoms with Gasteiger partial charge in [-0.05, 0) is 38.5 Å². The highest BCUT2D eigenvalue weighted by molar-refractivity contribution is 5.02. The van der Waals surface area contributed by atoms with Gasteiger partial charge in [0.2, 0.25) is 0 Å². The normalized spacial score (nSPS) is 26.9. The lowest BCUT2D eigenvalue weighted by molar-refractivity contribution is 0.567. The lowest BCUT2D eigenvalue weighted by atomic mass is 10.00. The largest absolute Gasteiger partial charge is 0.103 e. The summed E-state index contributed by atoms with van der Waals surface area (Å²) in [6, 6.07) is 0. The molecule has 1 rings (SSSR count). The fraction of sp³-hybridized carbons (Fsp3) is 0.600. The van der Waals surface area contributed by atoms with E-state index >= 15 is 0 Å². The highest BCUT2D eigenvalue weighted by Crippen LogP contribution is 2.22. The molecule has 56 valence electrons. The SMILES string of the molecule is C=CC1CCC=C(C)CC1. The smallest absolute Gasteiger partial charge is 0.0230 e. The van der Waals surface area contributed by atoms with Crippen molar-refractivity contribution in [1.29, 1.82) is 0 Å². The molecule has 0 aromatic rings. The Morgan fingerprint density at radius 3 is 3.10 bits per heavy atom. The van der Waals surface area contributed by atoms with Gasteiger partial charge in [-0.2, -0.15) is 0 Å². The van der Waals surface area contributed by atoms with Gasteiger partial charge in [0, 0.05) is 0 Å². The van der Waals surface area contributed by atoms with Crippen LogP contribution in [0.3, 0.4) is 0 Å². The highest BCUT2D eigenvalue weighted by atomic mass is 14.1. The fourth-order valence-corrected chi connectivity index (χ4v) is 1.44. The number of hydrogen-bond donors (Lipinski definition) is 0. The van der Waals surface area contributed by atoms with Gasteiger partial charge in [-0.1, -0.05) is 17.7 Å². The van der Waals surface area contributed by atoms with E-state index in [1.807, 2.05) is 0 Å². The topological polar surface area (TPSA) is 0 Å². The summed E-state index contributed by atoms with van der Waals surface area (Å²) < 4.78 is 0. The van der Waals surface area contributed by atoms with Gasteiger partial charge < -0.3 is 0 Å². The Hall–Kier alpha value is -0.520. The molecule has 0 aromatic heterocycles. The zero-order chi connectivity index (χ0) is 7.40. The molecule has 0 N–H and O–H groups in total. The maximum absolute atomic E-state index is 3.83. The molecule has 0 heterocycles. The van der Waals surface area contributed by atoms with E-state index in [1.54, 1.807) is 5.57 Å². The van der Waals surface area contributed by atoms with Crippen LogP contribution in [0.2, 0.25) is 0 Å². The van der Waals surface area contributed by atoms with E-state index in [0.29, 0.717) is 0 Å². The Labute approximate surface area is 63.6 Å². The van der Waals surface area contributed by atoms with Crippen LogP contribution in [0.25, 0.3) is 0 Å². The number of allylic oxidation sites excluding steroid dienone is 3. The second kappa shape index (κ2) is 3.60. The van der Waals surface area contributed by atoms with Crippen LogP contribution < -0.4 is 0 Å². The van der Waals surface area contributed by atoms with Gasteiger partial charge in [-0.25, -0.2) is 0 Å². The summed E-state index contributed by atoms with van der Waals surface area (Å²) in [5.74, 6) is 0.772. The summed E-state index contributed by atoms with van der Waals surface area (Å²) in [6.07, 6.45) is 9.61. The first-order chi connectivity index (χ1) is 4.83. The highest BCUT2D eigenvalue weighted by Gasteiger charge is 2.06. The Balaban J connectivity index is 2.43. The standard InChI is InChI=1S/C10H16/c1-3-10-6-4-5-9(2)7-8-10/h3,5,10H,1,4,6-8H2,2H3. The van der Waals surface area contributed by atoms with Gasteiger partial charge in [0.15, 0.2) is 0 Å². The molecule has 0 spiro atoms. The molecule has 0 aromatic carbocycles. The molecule has 1 atom stereocenters. The fourth-order valence-electron chi connectivity index (χ4n) is 1.44. The van der Waals surface area contributed by atoms with Gasteiger partial charge in [0.25, 0.3) is 0 Å². The molecule has 0 nitrogen and oxygen atoms in total. The summed E-state index contributed by atoms with van der Waals surface area (Å²) >= 11 is 0. The minimum absolute atomic E-state index is 0.772. The van der Waals surface area contributed by atoms with Crippen molar-refractivity contribution >= 4 is 0 Å². The van der Waals surface area contributed by atoms with E-state index < -0.39 is 0 Å². The first kappa shape index (κ1) is 7.59. The molecule has 0 saturated carbocycles. The number of rotatable bonds is 1. The average Bonchev–Trinajstić information content (AvgIpc) is 2.14. The van der Waals surface area contributed by atoms with Gasteiger partial charge in [-0.3, -0.25) is 0 Å². The van der Waals surface area contributed by atoms with Crippen LogP contribution in [0, 0.1) is 5.92 Å². The van der Waals surface area contributed by atoms with E-state index in [4.69, 9.17) is 0 Å². The average molecular weight is 136 g/mol. The van der Waals surface area contributed by atoms with Crippen molar-refractivity contribution in [1.82, 2.24) is 0 Å². The third-order valence-electron chi connectivity index (χ3n) is 2.27. The van der Waals surface area contributed by atoms with E-state index in [0.717, 1.165) is 5.92 Å². The summed E-state index contributed by atoms with van der Waals surface area (Å²) in [6.45, 7) is 6.06. The third kappa shape index (κ3) is 2.02. The van der Waals surface area contributed by atoms with Crippen LogP contribution in [0.15, 0.2) is 24.3 Å². The van der Waals surface area contributed by atoms with Crippen molar-refractivity contribution in [3.8, 4) is 0 Å². The lowest BCUT2D eigenvalue weighted by Crippen LogP contribution is -1.92. The molecule has 0 fully saturated rings. The maximum Gasteiger partial charge on any atom is -0.0230 e. The Morgan fingerprint density at radius 1 is 1.60 bits per heavy atom. The van der Waals surface area contributed by atoms with E-state index in [1.165, 1.54) is 25.7 Å². The first-order valence-electron chi connectivity index (χ1n) is 4.11. The summed E-state index contributed by atoms with van der Waals surface area (Å²) in [5, 5.41) is 0. The van der Waals surface area contributed by atoms with Crippen molar-refractivity contribution in [2.45, 2.75) is 32.6 Å². The Morgan fingerprint density at radius 2 is 2.40 bits per heavy atom. The van der Waals surface area contributed by atoms with Crippen molar-refractivity contribution < 1.29 is 0 Å². The number of hydrogen-bond acceptors (Lipinski definition) is 0. The third-order valence-corrected chi connectivity index (χ3v) is 2.27.